The molecule has 1 amide bonds. The van der Waals surface area contributed by atoms with Gasteiger partial charge in [0.15, 0.2) is 5.76 Å². The topological polar surface area (TPSA) is 103 Å². The Balaban J connectivity index is 1.54. The van der Waals surface area contributed by atoms with Crippen LogP contribution < -0.4 is 5.43 Å². The van der Waals surface area contributed by atoms with Crippen molar-refractivity contribution in [2.75, 3.05) is 0 Å². The molecule has 0 spiro atoms. The Kier molecular flexibility index (Phi) is 5.73. The fourth-order valence-corrected chi connectivity index (χ4v) is 3.92. The first-order valence-corrected chi connectivity index (χ1v) is 10.2. The molecule has 2 heterocycles. The number of nitrogens with one attached hydrogen (secondary N) is 1. The van der Waals surface area contributed by atoms with Gasteiger partial charge in [0.05, 0.1) is 21.8 Å². The number of benzene rings is 2. The Hall–Kier alpha value is -3.62. The molecule has 0 radical (unpaired) electrons. The number of aryl methyl sites for hydroxylation is 1. The minimum absolute atomic E-state index is 0.00364. The van der Waals surface area contributed by atoms with E-state index in [2.05, 4.69) is 10.5 Å². The summed E-state index contributed by atoms with van der Waals surface area (Å²) < 4.78 is 7.42. The number of non-ortho nitro benzene ring substituents is 1. The van der Waals surface area contributed by atoms with E-state index in [9.17, 15) is 14.9 Å². The first-order valence-electron chi connectivity index (χ1n) is 9.40. The van der Waals surface area contributed by atoms with Crippen LogP contribution in [0.1, 0.15) is 27.5 Å². The molecule has 0 saturated carbocycles. The molecule has 0 aliphatic rings. The molecule has 0 aliphatic carbocycles. The van der Waals surface area contributed by atoms with E-state index < -0.39 is 10.8 Å². The molecule has 8 nitrogen and oxygen atoms in total. The Labute approximate surface area is 192 Å². The molecule has 162 valence electrons. The van der Waals surface area contributed by atoms with Gasteiger partial charge < -0.3 is 8.98 Å². The van der Waals surface area contributed by atoms with Crippen LogP contribution in [0.3, 0.4) is 0 Å². The van der Waals surface area contributed by atoms with Gasteiger partial charge in [-0.25, -0.2) is 5.43 Å². The van der Waals surface area contributed by atoms with Gasteiger partial charge in [-0.2, -0.15) is 5.10 Å². The molecule has 0 fully saturated rings. The second-order valence-electron chi connectivity index (χ2n) is 7.05. The summed E-state index contributed by atoms with van der Waals surface area (Å²) in [6.07, 6.45) is 1.52. The molecule has 1 N–H and O–H groups in total. The Bertz CT molecular complexity index is 1400. The number of nitrogens with zero attached hydrogens (tertiary/aromatic N) is 3. The molecule has 10 heteroatoms. The molecule has 0 bridgehead atoms. The molecule has 0 aliphatic heterocycles. The predicted molar refractivity (Wildman–Crippen MR) is 123 cm³/mol. The van der Waals surface area contributed by atoms with Gasteiger partial charge in [-0.3, -0.25) is 14.9 Å². The average Bonchev–Trinajstić information content (AvgIpc) is 3.29. The van der Waals surface area contributed by atoms with Gasteiger partial charge in [-0.15, -0.1) is 0 Å². The van der Waals surface area contributed by atoms with Crippen LogP contribution in [-0.4, -0.2) is 21.6 Å². The van der Waals surface area contributed by atoms with E-state index in [1.165, 1.54) is 30.5 Å². The zero-order valence-electron chi connectivity index (χ0n) is 16.9. The monoisotopic (exact) mass is 470 g/mol. The highest BCUT2D eigenvalue weighted by molar-refractivity contribution is 6.35. The lowest BCUT2D eigenvalue weighted by molar-refractivity contribution is -0.384. The number of aromatic nitrogens is 1. The number of carbonyl (C=O) groups excluding carboxylic acids is 1. The van der Waals surface area contributed by atoms with E-state index >= 15 is 0 Å². The summed E-state index contributed by atoms with van der Waals surface area (Å²) in [4.78, 5) is 22.8. The van der Waals surface area contributed by atoms with E-state index in [0.29, 0.717) is 21.0 Å². The highest BCUT2D eigenvalue weighted by Gasteiger charge is 2.15. The van der Waals surface area contributed by atoms with Crippen molar-refractivity contribution in [3.8, 4) is 5.69 Å². The number of hydrogen-bond acceptors (Lipinski definition) is 5. The number of hydrazone groups is 1. The van der Waals surface area contributed by atoms with Crippen molar-refractivity contribution in [2.45, 2.75) is 13.8 Å². The van der Waals surface area contributed by atoms with Crippen molar-refractivity contribution in [3.63, 3.8) is 0 Å². The Morgan fingerprint density at radius 2 is 1.94 bits per heavy atom. The zero-order valence-corrected chi connectivity index (χ0v) is 18.4. The summed E-state index contributed by atoms with van der Waals surface area (Å²) in [5, 5.41) is 16.4. The molecular formula is C22H16Cl2N4O4. The first-order chi connectivity index (χ1) is 15.2. The maximum atomic E-state index is 12.4. The van der Waals surface area contributed by atoms with Gasteiger partial charge in [-0.1, -0.05) is 23.2 Å². The maximum Gasteiger partial charge on any atom is 0.307 e. The second kappa shape index (κ2) is 8.49. The fourth-order valence-electron chi connectivity index (χ4n) is 3.42. The fraction of sp³-hybridized carbons (Fsp3) is 0.0909. The number of hydrogen-bond donors (Lipinski definition) is 1. The van der Waals surface area contributed by atoms with Crippen LogP contribution in [0.4, 0.5) is 5.69 Å². The van der Waals surface area contributed by atoms with Crippen LogP contribution in [-0.2, 0) is 0 Å². The predicted octanol–water partition coefficient (Wildman–Crippen LogP) is 5.82. The van der Waals surface area contributed by atoms with Gasteiger partial charge in [0.2, 0.25) is 0 Å². The van der Waals surface area contributed by atoms with E-state index in [1.54, 1.807) is 12.1 Å². The number of fused-ring (bicyclic) bond motifs is 1. The number of carbonyl (C=O) groups is 1. The summed E-state index contributed by atoms with van der Waals surface area (Å²) in [6.45, 7) is 3.84. The third-order valence-corrected chi connectivity index (χ3v) is 5.46. The summed E-state index contributed by atoms with van der Waals surface area (Å²) >= 11 is 12.3. The zero-order chi connectivity index (χ0) is 23.0. The van der Waals surface area contributed by atoms with Gasteiger partial charge in [0, 0.05) is 39.5 Å². The number of furan rings is 1. The lowest BCUT2D eigenvalue weighted by Gasteiger charge is -2.11. The van der Waals surface area contributed by atoms with Crippen molar-refractivity contribution in [2.24, 2.45) is 5.10 Å². The van der Waals surface area contributed by atoms with E-state index in [1.807, 2.05) is 30.5 Å². The molecular weight excluding hydrogens is 455 g/mol. The van der Waals surface area contributed by atoms with E-state index in [-0.39, 0.29) is 11.4 Å². The largest absolute Gasteiger partial charge is 0.451 e. The SMILES string of the molecule is Cc1cc(C=NNC(=O)c2cc3cc([N+](=O)[O-])ccc3o2)c(C)n1-c1ccc(Cl)cc1Cl. The molecule has 32 heavy (non-hydrogen) atoms. The normalized spacial score (nSPS) is 11.4. The molecule has 4 aromatic rings. The highest BCUT2D eigenvalue weighted by atomic mass is 35.5. The third kappa shape index (κ3) is 4.10. The summed E-state index contributed by atoms with van der Waals surface area (Å²) in [6, 6.07) is 12.7. The highest BCUT2D eigenvalue weighted by Crippen LogP contribution is 2.28. The van der Waals surface area contributed by atoms with E-state index in [0.717, 1.165) is 22.6 Å². The van der Waals surface area contributed by atoms with Crippen LogP contribution in [0.15, 0.2) is 58.0 Å². The number of nitro groups is 1. The molecule has 2 aromatic carbocycles. The van der Waals surface area contributed by atoms with Crippen LogP contribution in [0.5, 0.6) is 0 Å². The van der Waals surface area contributed by atoms with Gasteiger partial charge in [0.1, 0.15) is 5.58 Å². The van der Waals surface area contributed by atoms with Gasteiger partial charge in [0.25, 0.3) is 5.69 Å². The average molecular weight is 471 g/mol. The minimum Gasteiger partial charge on any atom is -0.451 e. The van der Waals surface area contributed by atoms with Crippen molar-refractivity contribution < 1.29 is 14.1 Å². The number of halogens is 2. The van der Waals surface area contributed by atoms with Crippen LogP contribution in [0, 0.1) is 24.0 Å². The van der Waals surface area contributed by atoms with Crippen LogP contribution in [0.2, 0.25) is 10.0 Å². The first kappa shape index (κ1) is 21.6. The number of nitro benzene ring substituents is 1. The summed E-state index contributed by atoms with van der Waals surface area (Å²) in [7, 11) is 0. The Morgan fingerprint density at radius 3 is 2.66 bits per heavy atom. The van der Waals surface area contributed by atoms with Crippen molar-refractivity contribution in [1.82, 2.24) is 9.99 Å². The molecule has 2 aromatic heterocycles. The van der Waals surface area contributed by atoms with Crippen LogP contribution in [0.25, 0.3) is 16.7 Å². The van der Waals surface area contributed by atoms with Crippen molar-refractivity contribution in [3.05, 3.63) is 91.4 Å². The van der Waals surface area contributed by atoms with Crippen LogP contribution >= 0.6 is 23.2 Å². The maximum absolute atomic E-state index is 12.4. The number of rotatable bonds is 5. The van der Waals surface area contributed by atoms with Crippen molar-refractivity contribution >= 4 is 52.0 Å². The molecule has 0 saturated heterocycles. The quantitative estimate of drug-likeness (QED) is 0.225. The van der Waals surface area contributed by atoms with Crippen molar-refractivity contribution in [1.29, 1.82) is 0 Å². The number of amides is 1. The second-order valence-corrected chi connectivity index (χ2v) is 7.89. The standard InChI is InChI=1S/C22H16Cl2N4O4/c1-12-7-15(13(2)27(12)19-5-3-16(23)10-18(19)24)11-25-26-22(29)21-9-14-8-17(28(30)31)4-6-20(14)32-21/h3-11H,1-2H3,(H,26,29). The van der Waals surface area contributed by atoms with Gasteiger partial charge >= 0.3 is 5.91 Å². The summed E-state index contributed by atoms with van der Waals surface area (Å²) in [5.74, 6) is -0.578. The lowest BCUT2D eigenvalue weighted by Crippen LogP contribution is -2.16. The molecule has 4 rings (SSSR count). The lowest BCUT2D eigenvalue weighted by atomic mass is 10.2. The minimum atomic E-state index is -0.574. The molecule has 0 atom stereocenters. The molecule has 0 unspecified atom stereocenters. The summed E-state index contributed by atoms with van der Waals surface area (Å²) in [5.41, 5.74) is 6.07. The third-order valence-electron chi connectivity index (χ3n) is 4.93. The smallest absolute Gasteiger partial charge is 0.307 e. The van der Waals surface area contributed by atoms with Gasteiger partial charge in [-0.05, 0) is 50.2 Å². The van der Waals surface area contributed by atoms with E-state index in [4.69, 9.17) is 27.6 Å². The Morgan fingerprint density at radius 1 is 1.16 bits per heavy atom.